The number of rotatable bonds is 3. The highest BCUT2D eigenvalue weighted by Crippen LogP contribution is 2.19. The van der Waals surface area contributed by atoms with Gasteiger partial charge in [0.1, 0.15) is 5.84 Å². The SMILES string of the molecule is CC(C)NC1=NCC(C(=O)N[C@@H]2CCC[C@H]2O)=C1. The van der Waals surface area contributed by atoms with E-state index in [1.54, 1.807) is 6.08 Å². The Labute approximate surface area is 107 Å². The highest BCUT2D eigenvalue weighted by molar-refractivity contribution is 6.06. The lowest BCUT2D eigenvalue weighted by Gasteiger charge is -2.16. The predicted octanol–water partition coefficient (Wildman–Crippen LogP) is 0.352. The number of aliphatic hydroxyl groups excluding tert-OH is 1. The zero-order valence-electron chi connectivity index (χ0n) is 10.9. The first kappa shape index (κ1) is 13.1. The van der Waals surface area contributed by atoms with Gasteiger partial charge in [-0.25, -0.2) is 0 Å². The summed E-state index contributed by atoms with van der Waals surface area (Å²) < 4.78 is 0. The van der Waals surface area contributed by atoms with E-state index in [2.05, 4.69) is 15.6 Å². The summed E-state index contributed by atoms with van der Waals surface area (Å²) in [6, 6.07) is 0.208. The zero-order valence-corrected chi connectivity index (χ0v) is 10.9. The van der Waals surface area contributed by atoms with Crippen molar-refractivity contribution in [3.05, 3.63) is 11.6 Å². The molecule has 5 heteroatoms. The molecule has 0 aromatic rings. The molecule has 2 atom stereocenters. The molecule has 0 saturated heterocycles. The van der Waals surface area contributed by atoms with Crippen LogP contribution in [0.15, 0.2) is 16.6 Å². The number of hydrogen-bond acceptors (Lipinski definition) is 4. The molecule has 3 N–H and O–H groups in total. The number of amidine groups is 1. The maximum absolute atomic E-state index is 12.0. The summed E-state index contributed by atoms with van der Waals surface area (Å²) in [7, 11) is 0. The van der Waals surface area contributed by atoms with E-state index in [0.29, 0.717) is 18.2 Å². The van der Waals surface area contributed by atoms with Crippen LogP contribution in [0.3, 0.4) is 0 Å². The maximum atomic E-state index is 12.0. The zero-order chi connectivity index (χ0) is 13.1. The second-order valence-electron chi connectivity index (χ2n) is 5.25. The van der Waals surface area contributed by atoms with E-state index in [1.165, 1.54) is 0 Å². The van der Waals surface area contributed by atoms with Crippen LogP contribution in [-0.4, -0.2) is 41.6 Å². The van der Waals surface area contributed by atoms with Gasteiger partial charge >= 0.3 is 0 Å². The van der Waals surface area contributed by atoms with E-state index < -0.39 is 6.10 Å². The van der Waals surface area contributed by atoms with Crippen LogP contribution in [0.25, 0.3) is 0 Å². The number of carbonyl (C=O) groups excluding carboxylic acids is 1. The number of aliphatic imine (C=N–C) groups is 1. The van der Waals surface area contributed by atoms with Crippen LogP contribution in [0.5, 0.6) is 0 Å². The van der Waals surface area contributed by atoms with Crippen molar-refractivity contribution in [3.8, 4) is 0 Å². The van der Waals surface area contributed by atoms with Gasteiger partial charge in [0.2, 0.25) is 5.91 Å². The van der Waals surface area contributed by atoms with Crippen LogP contribution in [0.2, 0.25) is 0 Å². The average molecular weight is 251 g/mol. The summed E-state index contributed by atoms with van der Waals surface area (Å²) in [4.78, 5) is 16.2. The van der Waals surface area contributed by atoms with Gasteiger partial charge < -0.3 is 15.7 Å². The summed E-state index contributed by atoms with van der Waals surface area (Å²) in [6.07, 6.45) is 4.00. The van der Waals surface area contributed by atoms with Crippen molar-refractivity contribution < 1.29 is 9.90 Å². The Balaban J connectivity index is 1.87. The molecule has 1 aliphatic carbocycles. The van der Waals surface area contributed by atoms with Gasteiger partial charge in [-0.15, -0.1) is 0 Å². The normalized spacial score (nSPS) is 27.1. The third-order valence-corrected chi connectivity index (χ3v) is 3.25. The number of amides is 1. The first-order valence-electron chi connectivity index (χ1n) is 6.56. The topological polar surface area (TPSA) is 73.7 Å². The summed E-state index contributed by atoms with van der Waals surface area (Å²) in [5, 5.41) is 15.7. The second-order valence-corrected chi connectivity index (χ2v) is 5.25. The Bertz CT molecular complexity index is 388. The molecule has 18 heavy (non-hydrogen) atoms. The Hall–Kier alpha value is -1.36. The summed E-state index contributed by atoms with van der Waals surface area (Å²) in [5.41, 5.74) is 0.664. The first-order valence-corrected chi connectivity index (χ1v) is 6.56. The van der Waals surface area contributed by atoms with Crippen LogP contribution in [-0.2, 0) is 4.79 Å². The van der Waals surface area contributed by atoms with Gasteiger partial charge in [0.05, 0.1) is 18.7 Å². The van der Waals surface area contributed by atoms with Crippen LogP contribution in [0.4, 0.5) is 0 Å². The molecule has 1 fully saturated rings. The number of nitrogens with zero attached hydrogens (tertiary/aromatic N) is 1. The fourth-order valence-electron chi connectivity index (χ4n) is 2.32. The minimum absolute atomic E-state index is 0.0968. The maximum Gasteiger partial charge on any atom is 0.249 e. The predicted molar refractivity (Wildman–Crippen MR) is 70.4 cm³/mol. The van der Waals surface area contributed by atoms with Crippen molar-refractivity contribution in [2.75, 3.05) is 6.54 Å². The van der Waals surface area contributed by atoms with Crippen molar-refractivity contribution in [1.29, 1.82) is 0 Å². The molecule has 0 radical (unpaired) electrons. The Kier molecular flexibility index (Phi) is 4.01. The van der Waals surface area contributed by atoms with Crippen LogP contribution in [0, 0.1) is 0 Å². The molecule has 0 aromatic carbocycles. The molecule has 100 valence electrons. The highest BCUT2D eigenvalue weighted by atomic mass is 16.3. The van der Waals surface area contributed by atoms with Gasteiger partial charge in [0.25, 0.3) is 0 Å². The molecular weight excluding hydrogens is 230 g/mol. The van der Waals surface area contributed by atoms with Crippen LogP contribution >= 0.6 is 0 Å². The smallest absolute Gasteiger partial charge is 0.249 e. The first-order chi connectivity index (χ1) is 8.56. The lowest BCUT2D eigenvalue weighted by molar-refractivity contribution is -0.118. The lowest BCUT2D eigenvalue weighted by Crippen LogP contribution is -2.40. The molecule has 1 aliphatic heterocycles. The second kappa shape index (κ2) is 5.52. The summed E-state index contributed by atoms with van der Waals surface area (Å²) in [5.74, 6) is 0.660. The fourth-order valence-corrected chi connectivity index (χ4v) is 2.32. The Morgan fingerprint density at radius 1 is 1.50 bits per heavy atom. The minimum Gasteiger partial charge on any atom is -0.391 e. The number of hydrogen-bond donors (Lipinski definition) is 3. The summed E-state index contributed by atoms with van der Waals surface area (Å²) >= 11 is 0. The minimum atomic E-state index is -0.398. The monoisotopic (exact) mass is 251 g/mol. The lowest BCUT2D eigenvalue weighted by atomic mass is 10.2. The Morgan fingerprint density at radius 3 is 2.89 bits per heavy atom. The molecule has 0 spiro atoms. The molecule has 1 amide bonds. The van der Waals surface area contributed by atoms with Gasteiger partial charge in [-0.1, -0.05) is 0 Å². The third-order valence-electron chi connectivity index (χ3n) is 3.25. The molecule has 2 rings (SSSR count). The van der Waals surface area contributed by atoms with Crippen molar-refractivity contribution in [3.63, 3.8) is 0 Å². The highest BCUT2D eigenvalue weighted by Gasteiger charge is 2.28. The van der Waals surface area contributed by atoms with Crippen molar-refractivity contribution in [1.82, 2.24) is 10.6 Å². The number of carbonyl (C=O) groups is 1. The van der Waals surface area contributed by atoms with Gasteiger partial charge in [0, 0.05) is 11.6 Å². The largest absolute Gasteiger partial charge is 0.391 e. The third kappa shape index (κ3) is 3.10. The fraction of sp³-hybridized carbons (Fsp3) is 0.692. The molecule has 5 nitrogen and oxygen atoms in total. The molecular formula is C13H21N3O2. The van der Waals surface area contributed by atoms with Gasteiger partial charge in [-0.05, 0) is 39.2 Å². The van der Waals surface area contributed by atoms with E-state index in [1.807, 2.05) is 13.8 Å². The van der Waals surface area contributed by atoms with E-state index in [9.17, 15) is 9.90 Å². The van der Waals surface area contributed by atoms with Gasteiger partial charge in [-0.3, -0.25) is 9.79 Å². The molecule has 0 bridgehead atoms. The molecule has 1 heterocycles. The van der Waals surface area contributed by atoms with E-state index in [4.69, 9.17) is 0 Å². The van der Waals surface area contributed by atoms with Gasteiger partial charge in [0.15, 0.2) is 0 Å². The van der Waals surface area contributed by atoms with Crippen molar-refractivity contribution in [2.45, 2.75) is 51.3 Å². The number of nitrogens with one attached hydrogen (secondary N) is 2. The van der Waals surface area contributed by atoms with E-state index >= 15 is 0 Å². The average Bonchev–Trinajstić information content (AvgIpc) is 2.88. The van der Waals surface area contributed by atoms with E-state index in [-0.39, 0.29) is 11.9 Å². The van der Waals surface area contributed by atoms with Gasteiger partial charge in [-0.2, -0.15) is 0 Å². The Morgan fingerprint density at radius 2 is 2.28 bits per heavy atom. The van der Waals surface area contributed by atoms with Crippen molar-refractivity contribution >= 4 is 11.7 Å². The van der Waals surface area contributed by atoms with Crippen molar-refractivity contribution in [2.24, 2.45) is 4.99 Å². The van der Waals surface area contributed by atoms with Crippen LogP contribution < -0.4 is 10.6 Å². The molecule has 1 saturated carbocycles. The molecule has 2 aliphatic rings. The molecule has 0 unspecified atom stereocenters. The molecule has 0 aromatic heterocycles. The van der Waals surface area contributed by atoms with Crippen LogP contribution in [0.1, 0.15) is 33.1 Å². The quantitative estimate of drug-likeness (QED) is 0.677. The number of aliphatic hydroxyl groups is 1. The van der Waals surface area contributed by atoms with E-state index in [0.717, 1.165) is 25.1 Å². The standard InChI is InChI=1S/C13H21N3O2/c1-8(2)15-12-6-9(7-14-12)13(18)16-10-4-3-5-11(10)17/h6,8,10-11,17H,3-5,7H2,1-2H3,(H,14,15)(H,16,18)/t10-,11-/m1/s1. The summed E-state index contributed by atoms with van der Waals surface area (Å²) in [6.45, 7) is 4.48.